The van der Waals surface area contributed by atoms with Gasteiger partial charge in [0.1, 0.15) is 5.70 Å². The van der Waals surface area contributed by atoms with Crippen molar-refractivity contribution in [1.29, 1.82) is 0 Å². The number of thioether (sulfide) groups is 1. The van der Waals surface area contributed by atoms with E-state index in [0.717, 1.165) is 17.3 Å². The third-order valence-corrected chi connectivity index (χ3v) is 5.86. The Labute approximate surface area is 177 Å². The second-order valence-electron chi connectivity index (χ2n) is 6.24. The lowest BCUT2D eigenvalue weighted by molar-refractivity contribution is -0.117. The molecule has 1 aliphatic heterocycles. The standard InChI is InChI=1S/C20H17Cl2N3O2S/c1-11-3-6-14(7-4-11)25-19(27)17(24-20(25)28-12(2)18(23)26)10-13-5-8-15(21)16(22)9-13/h3-10,12H,1-2H3,(H2,23,26)/b17-10-. The zero-order valence-corrected chi connectivity index (χ0v) is 17.5. The fourth-order valence-electron chi connectivity index (χ4n) is 2.47. The Bertz CT molecular complexity index is 1000. The highest BCUT2D eigenvalue weighted by atomic mass is 35.5. The van der Waals surface area contributed by atoms with Crippen molar-refractivity contribution in [3.05, 3.63) is 69.3 Å². The highest BCUT2D eigenvalue weighted by molar-refractivity contribution is 8.15. The van der Waals surface area contributed by atoms with E-state index >= 15 is 0 Å². The fourth-order valence-corrected chi connectivity index (χ4v) is 3.66. The number of carbonyl (C=O) groups is 2. The molecule has 0 aromatic heterocycles. The van der Waals surface area contributed by atoms with Crippen LogP contribution in [0.3, 0.4) is 0 Å². The molecular formula is C20H17Cl2N3O2S. The molecule has 2 N–H and O–H groups in total. The molecule has 144 valence electrons. The smallest absolute Gasteiger partial charge is 0.283 e. The molecule has 0 saturated heterocycles. The average molecular weight is 434 g/mol. The average Bonchev–Trinajstić information content (AvgIpc) is 2.94. The topological polar surface area (TPSA) is 75.8 Å². The molecule has 1 atom stereocenters. The number of amides is 2. The molecule has 0 spiro atoms. The Kier molecular flexibility index (Phi) is 6.13. The molecule has 5 nitrogen and oxygen atoms in total. The first-order chi connectivity index (χ1) is 13.3. The zero-order chi connectivity index (χ0) is 20.4. The molecule has 3 rings (SSSR count). The number of hydrogen-bond donors (Lipinski definition) is 1. The number of amidine groups is 1. The van der Waals surface area contributed by atoms with Crippen LogP contribution in [0, 0.1) is 6.92 Å². The molecule has 0 bridgehead atoms. The van der Waals surface area contributed by atoms with E-state index < -0.39 is 11.2 Å². The Morgan fingerprint density at radius 2 is 1.86 bits per heavy atom. The molecule has 2 aromatic rings. The lowest BCUT2D eigenvalue weighted by Crippen LogP contribution is -2.33. The maximum absolute atomic E-state index is 13.1. The van der Waals surface area contributed by atoms with Crippen molar-refractivity contribution < 1.29 is 9.59 Å². The van der Waals surface area contributed by atoms with E-state index in [1.807, 2.05) is 31.2 Å². The van der Waals surface area contributed by atoms with E-state index in [0.29, 0.717) is 26.5 Å². The van der Waals surface area contributed by atoms with Gasteiger partial charge in [-0.3, -0.25) is 14.5 Å². The Hall–Kier alpha value is -2.28. The lowest BCUT2D eigenvalue weighted by atomic mass is 10.2. The van der Waals surface area contributed by atoms with Gasteiger partial charge in [0.25, 0.3) is 5.91 Å². The minimum atomic E-state index is -0.538. The van der Waals surface area contributed by atoms with Crippen LogP contribution < -0.4 is 10.6 Å². The van der Waals surface area contributed by atoms with E-state index in [1.54, 1.807) is 31.2 Å². The first-order valence-corrected chi connectivity index (χ1v) is 10.0. The van der Waals surface area contributed by atoms with Gasteiger partial charge in [0.05, 0.1) is 21.0 Å². The van der Waals surface area contributed by atoms with Crippen LogP contribution >= 0.6 is 35.0 Å². The largest absolute Gasteiger partial charge is 0.369 e. The summed E-state index contributed by atoms with van der Waals surface area (Å²) in [4.78, 5) is 30.5. The number of aliphatic imine (C=N–C) groups is 1. The zero-order valence-electron chi connectivity index (χ0n) is 15.1. The summed E-state index contributed by atoms with van der Waals surface area (Å²) in [5.41, 5.74) is 8.04. The van der Waals surface area contributed by atoms with Crippen molar-refractivity contribution in [3.63, 3.8) is 0 Å². The summed E-state index contributed by atoms with van der Waals surface area (Å²) in [6.07, 6.45) is 1.63. The first-order valence-electron chi connectivity index (χ1n) is 8.39. The summed E-state index contributed by atoms with van der Waals surface area (Å²) in [6, 6.07) is 12.5. The maximum atomic E-state index is 13.1. The molecule has 0 radical (unpaired) electrons. The number of hydrogen-bond acceptors (Lipinski definition) is 4. The Morgan fingerprint density at radius 3 is 2.46 bits per heavy atom. The lowest BCUT2D eigenvalue weighted by Gasteiger charge is -2.19. The van der Waals surface area contributed by atoms with Gasteiger partial charge in [0.2, 0.25) is 5.91 Å². The van der Waals surface area contributed by atoms with Gasteiger partial charge in [0.15, 0.2) is 5.17 Å². The third-order valence-electron chi connectivity index (χ3n) is 4.05. The van der Waals surface area contributed by atoms with Gasteiger partial charge in [-0.05, 0) is 49.8 Å². The van der Waals surface area contributed by atoms with Crippen LogP contribution in [-0.4, -0.2) is 22.2 Å². The number of rotatable bonds is 4. The monoisotopic (exact) mass is 433 g/mol. The van der Waals surface area contributed by atoms with E-state index in [2.05, 4.69) is 4.99 Å². The molecule has 1 unspecified atom stereocenters. The molecule has 0 saturated carbocycles. The maximum Gasteiger partial charge on any atom is 0.283 e. The molecule has 2 amide bonds. The molecule has 0 aliphatic carbocycles. The minimum absolute atomic E-state index is 0.234. The van der Waals surface area contributed by atoms with Crippen LogP contribution in [0.15, 0.2) is 53.2 Å². The van der Waals surface area contributed by atoms with E-state index in [9.17, 15) is 9.59 Å². The van der Waals surface area contributed by atoms with Crippen LogP contribution in [0.4, 0.5) is 5.69 Å². The number of anilines is 1. The second-order valence-corrected chi connectivity index (χ2v) is 8.36. The second kappa shape index (κ2) is 8.39. The highest BCUT2D eigenvalue weighted by Crippen LogP contribution is 2.32. The number of primary amides is 1. The van der Waals surface area contributed by atoms with Gasteiger partial charge in [-0.2, -0.15) is 0 Å². The van der Waals surface area contributed by atoms with E-state index in [-0.39, 0.29) is 11.6 Å². The van der Waals surface area contributed by atoms with Crippen molar-refractivity contribution >= 4 is 63.7 Å². The predicted octanol–water partition coefficient (Wildman–Crippen LogP) is 4.65. The first kappa shape index (κ1) is 20.5. The van der Waals surface area contributed by atoms with Crippen molar-refractivity contribution in [2.75, 3.05) is 4.90 Å². The van der Waals surface area contributed by atoms with Gasteiger partial charge in [-0.25, -0.2) is 4.99 Å². The number of nitrogens with zero attached hydrogens (tertiary/aromatic N) is 2. The number of nitrogens with two attached hydrogens (primary N) is 1. The molecule has 1 heterocycles. The number of halogens is 2. The summed E-state index contributed by atoms with van der Waals surface area (Å²) in [5, 5.41) is 0.672. The van der Waals surface area contributed by atoms with Crippen molar-refractivity contribution in [3.8, 4) is 0 Å². The summed E-state index contributed by atoms with van der Waals surface area (Å²) in [5.74, 6) is -0.778. The summed E-state index contributed by atoms with van der Waals surface area (Å²) < 4.78 is 0. The Balaban J connectivity index is 2.01. The fraction of sp³-hybridized carbons (Fsp3) is 0.150. The van der Waals surface area contributed by atoms with Crippen LogP contribution in [0.2, 0.25) is 10.0 Å². The van der Waals surface area contributed by atoms with Crippen molar-refractivity contribution in [1.82, 2.24) is 0 Å². The van der Waals surface area contributed by atoms with Crippen LogP contribution in [0.25, 0.3) is 6.08 Å². The minimum Gasteiger partial charge on any atom is -0.369 e. The summed E-state index contributed by atoms with van der Waals surface area (Å²) in [7, 11) is 0. The molecule has 0 fully saturated rings. The number of aryl methyl sites for hydroxylation is 1. The predicted molar refractivity (Wildman–Crippen MR) is 117 cm³/mol. The van der Waals surface area contributed by atoms with Gasteiger partial charge < -0.3 is 5.73 Å². The van der Waals surface area contributed by atoms with Gasteiger partial charge in [-0.15, -0.1) is 0 Å². The quantitative estimate of drug-likeness (QED) is 0.712. The van der Waals surface area contributed by atoms with Crippen molar-refractivity contribution in [2.45, 2.75) is 19.1 Å². The molecule has 28 heavy (non-hydrogen) atoms. The van der Waals surface area contributed by atoms with Crippen LogP contribution in [0.5, 0.6) is 0 Å². The summed E-state index contributed by atoms with van der Waals surface area (Å²) >= 11 is 13.1. The normalized spacial score (nSPS) is 16.4. The van der Waals surface area contributed by atoms with Crippen molar-refractivity contribution in [2.24, 2.45) is 10.7 Å². The van der Waals surface area contributed by atoms with E-state index in [4.69, 9.17) is 28.9 Å². The van der Waals surface area contributed by atoms with E-state index in [1.165, 1.54) is 4.90 Å². The van der Waals surface area contributed by atoms with Gasteiger partial charge >= 0.3 is 0 Å². The Morgan fingerprint density at radius 1 is 1.18 bits per heavy atom. The SMILES string of the molecule is Cc1ccc(N2C(=O)/C(=C/c3ccc(Cl)c(Cl)c3)N=C2SC(C)C(N)=O)cc1. The summed E-state index contributed by atoms with van der Waals surface area (Å²) in [6.45, 7) is 3.64. The molecule has 8 heteroatoms. The molecule has 1 aliphatic rings. The van der Waals surface area contributed by atoms with Gasteiger partial charge in [-0.1, -0.05) is 58.7 Å². The van der Waals surface area contributed by atoms with Crippen LogP contribution in [-0.2, 0) is 9.59 Å². The number of carbonyl (C=O) groups excluding carboxylic acids is 2. The highest BCUT2D eigenvalue weighted by Gasteiger charge is 2.33. The third kappa shape index (κ3) is 4.41. The molecular weight excluding hydrogens is 417 g/mol. The molecule has 2 aromatic carbocycles. The van der Waals surface area contributed by atoms with Crippen LogP contribution in [0.1, 0.15) is 18.1 Å². The number of benzene rings is 2. The van der Waals surface area contributed by atoms with Gasteiger partial charge in [0, 0.05) is 0 Å².